The van der Waals surface area contributed by atoms with Crippen molar-refractivity contribution in [2.45, 2.75) is 60.3 Å². The van der Waals surface area contributed by atoms with Gasteiger partial charge in [0.05, 0.1) is 32.7 Å². The van der Waals surface area contributed by atoms with Crippen molar-refractivity contribution in [3.8, 4) is 0 Å². The molecule has 0 aromatic heterocycles. The number of amides is 1. The van der Waals surface area contributed by atoms with Gasteiger partial charge in [-0.15, -0.1) is 5.06 Å². The number of ketones is 1. The number of Topliss-reactive ketones (excluding diaryl/α,β-unsaturated/α-hetero) is 1. The first-order valence-electron chi connectivity index (χ1n) is 12.1. The van der Waals surface area contributed by atoms with E-state index in [2.05, 4.69) is 4.72 Å². The van der Waals surface area contributed by atoms with Crippen molar-refractivity contribution in [1.29, 1.82) is 0 Å². The standard InChI is InChI=1S/C28H32N2O8S/c1-16(31)18-9-12-20(13-10-18)39(35,36)29-19-11-14-21-22(15-19)30(38-26(34)28(6,7)8)24(32)23(21)17(2)37-25(33)27(3,4)5/h9-15,29H,1-8H3/b23-17-. The minimum Gasteiger partial charge on any atom is -0.430 e. The molecule has 1 amide bonds. The summed E-state index contributed by atoms with van der Waals surface area (Å²) in [6.45, 7) is 12.7. The second-order valence-corrected chi connectivity index (χ2v) is 12.9. The number of ether oxygens (including phenoxy) is 1. The molecule has 11 heteroatoms. The molecule has 39 heavy (non-hydrogen) atoms. The Morgan fingerprint density at radius 2 is 1.41 bits per heavy atom. The van der Waals surface area contributed by atoms with Crippen LogP contribution in [0.4, 0.5) is 11.4 Å². The molecule has 2 aromatic rings. The van der Waals surface area contributed by atoms with Gasteiger partial charge in [0.25, 0.3) is 15.9 Å². The Morgan fingerprint density at radius 1 is 0.846 bits per heavy atom. The molecule has 0 saturated carbocycles. The number of hydroxylamine groups is 1. The van der Waals surface area contributed by atoms with Crippen LogP contribution in [0.25, 0.3) is 5.57 Å². The minimum atomic E-state index is -4.07. The van der Waals surface area contributed by atoms with E-state index < -0.39 is 38.7 Å². The number of benzene rings is 2. The highest BCUT2D eigenvalue weighted by molar-refractivity contribution is 7.92. The number of fused-ring (bicyclic) bond motifs is 1. The van der Waals surface area contributed by atoms with Crippen LogP contribution in [-0.2, 0) is 34.0 Å². The normalized spacial score (nSPS) is 15.0. The zero-order valence-electron chi connectivity index (χ0n) is 23.2. The van der Waals surface area contributed by atoms with E-state index in [9.17, 15) is 27.6 Å². The molecule has 0 unspecified atom stereocenters. The molecule has 0 atom stereocenters. The van der Waals surface area contributed by atoms with Crippen LogP contribution in [0.3, 0.4) is 0 Å². The van der Waals surface area contributed by atoms with E-state index in [1.54, 1.807) is 41.5 Å². The molecule has 1 heterocycles. The second kappa shape index (κ2) is 10.3. The van der Waals surface area contributed by atoms with Gasteiger partial charge in [-0.1, -0.05) is 12.1 Å². The second-order valence-electron chi connectivity index (χ2n) is 11.2. The zero-order valence-corrected chi connectivity index (χ0v) is 24.0. The molecule has 0 spiro atoms. The van der Waals surface area contributed by atoms with Gasteiger partial charge in [0.1, 0.15) is 5.76 Å². The van der Waals surface area contributed by atoms with E-state index >= 15 is 0 Å². The number of hydrogen-bond donors (Lipinski definition) is 1. The van der Waals surface area contributed by atoms with E-state index in [0.29, 0.717) is 5.56 Å². The van der Waals surface area contributed by atoms with Gasteiger partial charge in [-0.05, 0) is 85.7 Å². The third-order valence-electron chi connectivity index (χ3n) is 5.70. The van der Waals surface area contributed by atoms with Crippen LogP contribution in [0, 0.1) is 10.8 Å². The summed E-state index contributed by atoms with van der Waals surface area (Å²) in [5.74, 6) is -2.21. The lowest BCUT2D eigenvalue weighted by molar-refractivity contribution is -0.157. The van der Waals surface area contributed by atoms with Gasteiger partial charge < -0.3 is 9.57 Å². The summed E-state index contributed by atoms with van der Waals surface area (Å²) in [6.07, 6.45) is 0. The Labute approximate surface area is 228 Å². The largest absolute Gasteiger partial charge is 0.430 e. The van der Waals surface area contributed by atoms with Gasteiger partial charge in [0.2, 0.25) is 0 Å². The highest BCUT2D eigenvalue weighted by Gasteiger charge is 2.40. The van der Waals surface area contributed by atoms with Gasteiger partial charge in [-0.3, -0.25) is 19.1 Å². The third kappa shape index (κ3) is 6.36. The Balaban J connectivity index is 2.06. The number of rotatable bonds is 6. The van der Waals surface area contributed by atoms with Gasteiger partial charge in [0, 0.05) is 11.1 Å². The fourth-order valence-electron chi connectivity index (χ4n) is 3.38. The van der Waals surface area contributed by atoms with Crippen molar-refractivity contribution in [2.75, 3.05) is 9.79 Å². The Morgan fingerprint density at radius 3 is 1.92 bits per heavy atom. The van der Waals surface area contributed by atoms with Crippen molar-refractivity contribution < 1.29 is 37.2 Å². The average molecular weight is 557 g/mol. The first-order chi connectivity index (χ1) is 17.8. The van der Waals surface area contributed by atoms with Crippen molar-refractivity contribution in [1.82, 2.24) is 0 Å². The molecular weight excluding hydrogens is 524 g/mol. The number of carbonyl (C=O) groups excluding carboxylic acids is 4. The van der Waals surface area contributed by atoms with Crippen LogP contribution in [0.15, 0.2) is 53.1 Å². The molecule has 2 aromatic carbocycles. The molecular formula is C28H32N2O8S. The molecule has 1 aliphatic heterocycles. The number of anilines is 2. The fraction of sp³-hybridized carbons (Fsp3) is 0.357. The van der Waals surface area contributed by atoms with Crippen molar-refractivity contribution in [2.24, 2.45) is 10.8 Å². The molecule has 0 aliphatic carbocycles. The lowest BCUT2D eigenvalue weighted by atomic mass is 9.97. The van der Waals surface area contributed by atoms with Gasteiger partial charge >= 0.3 is 11.9 Å². The van der Waals surface area contributed by atoms with Gasteiger partial charge in [0.15, 0.2) is 5.78 Å². The third-order valence-corrected chi connectivity index (χ3v) is 7.10. The molecule has 1 aliphatic rings. The molecule has 0 saturated heterocycles. The monoisotopic (exact) mass is 556 g/mol. The fourth-order valence-corrected chi connectivity index (χ4v) is 4.43. The number of sulfonamides is 1. The Bertz CT molecular complexity index is 1490. The van der Waals surface area contributed by atoms with Gasteiger partial charge in [-0.25, -0.2) is 13.2 Å². The number of nitrogens with one attached hydrogen (secondary N) is 1. The van der Waals surface area contributed by atoms with Crippen molar-refractivity contribution in [3.05, 3.63) is 59.4 Å². The maximum absolute atomic E-state index is 13.4. The molecule has 10 nitrogen and oxygen atoms in total. The number of allylic oxidation sites excluding steroid dienone is 1. The molecule has 0 radical (unpaired) electrons. The van der Waals surface area contributed by atoms with Crippen molar-refractivity contribution in [3.63, 3.8) is 0 Å². The summed E-state index contributed by atoms with van der Waals surface area (Å²) in [5, 5.41) is 0.770. The summed E-state index contributed by atoms with van der Waals surface area (Å²) in [7, 11) is -4.07. The SMILES string of the molecule is CC(=O)c1ccc(S(=O)(=O)Nc2ccc3c(c2)N(OC(=O)C(C)(C)C)C(=O)/C3=C(/C)OC(=O)C(C)(C)C)cc1. The number of hydrogen-bond acceptors (Lipinski definition) is 8. The molecule has 1 N–H and O–H groups in total. The highest BCUT2D eigenvalue weighted by atomic mass is 32.2. The lowest BCUT2D eigenvalue weighted by Crippen LogP contribution is -2.35. The molecule has 0 bridgehead atoms. The topological polar surface area (TPSA) is 136 Å². The quantitative estimate of drug-likeness (QED) is 0.231. The Kier molecular flexibility index (Phi) is 7.80. The van der Waals surface area contributed by atoms with E-state index in [0.717, 1.165) is 5.06 Å². The summed E-state index contributed by atoms with van der Waals surface area (Å²) >= 11 is 0. The molecule has 3 rings (SSSR count). The number of esters is 1. The minimum absolute atomic E-state index is 0.00135. The zero-order chi connectivity index (χ0) is 29.5. The van der Waals surface area contributed by atoms with Gasteiger partial charge in [-0.2, -0.15) is 0 Å². The number of nitrogens with zero attached hydrogens (tertiary/aromatic N) is 1. The van der Waals surface area contributed by atoms with Crippen molar-refractivity contribution >= 4 is 50.6 Å². The van der Waals surface area contributed by atoms with E-state index in [-0.39, 0.29) is 38.9 Å². The van der Waals surface area contributed by atoms with Crippen LogP contribution in [0.5, 0.6) is 0 Å². The van der Waals surface area contributed by atoms with E-state index in [4.69, 9.17) is 9.57 Å². The Hall–Kier alpha value is -3.99. The molecule has 0 fully saturated rings. The van der Waals surface area contributed by atoms with Crippen LogP contribution >= 0.6 is 0 Å². The van der Waals surface area contributed by atoms with Crippen LogP contribution < -0.4 is 9.79 Å². The summed E-state index contributed by atoms with van der Waals surface area (Å²) < 4.78 is 33.9. The van der Waals surface area contributed by atoms with E-state index in [1.165, 1.54) is 56.3 Å². The van der Waals surface area contributed by atoms with Crippen LogP contribution in [0.2, 0.25) is 0 Å². The smallest absolute Gasteiger partial charge is 0.338 e. The average Bonchev–Trinajstić information content (AvgIpc) is 3.08. The predicted molar refractivity (Wildman–Crippen MR) is 145 cm³/mol. The first-order valence-corrected chi connectivity index (χ1v) is 13.6. The lowest BCUT2D eigenvalue weighted by Gasteiger charge is -2.22. The van der Waals surface area contributed by atoms with E-state index in [1.807, 2.05) is 0 Å². The molecule has 208 valence electrons. The van der Waals surface area contributed by atoms with Crippen LogP contribution in [-0.4, -0.2) is 32.0 Å². The predicted octanol–water partition coefficient (Wildman–Crippen LogP) is 4.86. The first kappa shape index (κ1) is 29.6. The number of carbonyl (C=O) groups is 4. The maximum Gasteiger partial charge on any atom is 0.338 e. The summed E-state index contributed by atoms with van der Waals surface area (Å²) in [4.78, 5) is 55.5. The summed E-state index contributed by atoms with van der Waals surface area (Å²) in [5.41, 5.74) is -0.969. The van der Waals surface area contributed by atoms with Crippen LogP contribution in [0.1, 0.15) is 71.3 Å². The maximum atomic E-state index is 13.4. The highest BCUT2D eigenvalue weighted by Crippen LogP contribution is 2.41. The summed E-state index contributed by atoms with van der Waals surface area (Å²) in [6, 6.07) is 9.67.